The molecule has 2 aromatic heterocycles. The summed E-state index contributed by atoms with van der Waals surface area (Å²) in [6.45, 7) is 0.798. The van der Waals surface area contributed by atoms with Crippen molar-refractivity contribution in [1.29, 1.82) is 5.41 Å². The van der Waals surface area contributed by atoms with Crippen molar-refractivity contribution in [2.75, 3.05) is 24.8 Å². The van der Waals surface area contributed by atoms with E-state index in [9.17, 15) is 0 Å². The number of nitrogens with one attached hydrogen (secondary N) is 3. The minimum atomic E-state index is 0.167. The first kappa shape index (κ1) is 17.9. The van der Waals surface area contributed by atoms with Crippen molar-refractivity contribution in [3.8, 4) is 0 Å². The number of hydrogen-bond acceptors (Lipinski definition) is 8. The zero-order valence-corrected chi connectivity index (χ0v) is 15.3. The van der Waals surface area contributed by atoms with Crippen molar-refractivity contribution in [1.82, 2.24) is 15.3 Å². The summed E-state index contributed by atoms with van der Waals surface area (Å²) in [6.07, 6.45) is 8.87. The summed E-state index contributed by atoms with van der Waals surface area (Å²) in [5, 5.41) is 15.1. The van der Waals surface area contributed by atoms with Gasteiger partial charge in [-0.05, 0) is 24.4 Å². The molecule has 26 heavy (non-hydrogen) atoms. The highest BCUT2D eigenvalue weighted by molar-refractivity contribution is 8.13. The van der Waals surface area contributed by atoms with Crippen molar-refractivity contribution in [3.63, 3.8) is 0 Å². The zero-order chi connectivity index (χ0) is 18.4. The Labute approximate surface area is 156 Å². The van der Waals surface area contributed by atoms with E-state index in [0.717, 1.165) is 34.5 Å². The Morgan fingerprint density at radius 1 is 1.50 bits per heavy atom. The molecule has 3 heterocycles. The summed E-state index contributed by atoms with van der Waals surface area (Å²) in [5.74, 6) is 1.50. The van der Waals surface area contributed by atoms with Gasteiger partial charge >= 0.3 is 0 Å². The summed E-state index contributed by atoms with van der Waals surface area (Å²) in [7, 11) is 1.70. The van der Waals surface area contributed by atoms with Crippen LogP contribution in [0, 0.1) is 11.3 Å². The van der Waals surface area contributed by atoms with E-state index < -0.39 is 0 Å². The van der Waals surface area contributed by atoms with Gasteiger partial charge in [-0.1, -0.05) is 17.8 Å². The van der Waals surface area contributed by atoms with E-state index in [1.807, 2.05) is 30.5 Å². The molecule has 0 aliphatic carbocycles. The predicted molar refractivity (Wildman–Crippen MR) is 111 cm³/mol. The second-order valence-electron chi connectivity index (χ2n) is 5.67. The molecule has 3 rings (SSSR count). The van der Waals surface area contributed by atoms with Crippen molar-refractivity contribution in [2.24, 2.45) is 16.6 Å². The molecule has 0 saturated heterocycles. The van der Waals surface area contributed by atoms with E-state index in [4.69, 9.17) is 11.1 Å². The van der Waals surface area contributed by atoms with Crippen LogP contribution in [0.1, 0.15) is 5.56 Å². The summed E-state index contributed by atoms with van der Waals surface area (Å²) >= 11 is 1.47. The Morgan fingerprint density at radius 2 is 2.38 bits per heavy atom. The third-order valence-corrected chi connectivity index (χ3v) is 4.82. The molecular formula is C18H21N7S. The van der Waals surface area contributed by atoms with Gasteiger partial charge in [0, 0.05) is 49.3 Å². The highest BCUT2D eigenvalue weighted by Gasteiger charge is 2.14. The predicted octanol–water partition coefficient (Wildman–Crippen LogP) is 2.44. The lowest BCUT2D eigenvalue weighted by molar-refractivity contribution is 0.827. The summed E-state index contributed by atoms with van der Waals surface area (Å²) in [6, 6.07) is 5.76. The quantitative estimate of drug-likeness (QED) is 0.354. The number of hydrogen-bond donors (Lipinski definition) is 4. The number of anilines is 1. The van der Waals surface area contributed by atoms with E-state index in [0.29, 0.717) is 10.9 Å². The smallest absolute Gasteiger partial charge is 0.127 e. The van der Waals surface area contributed by atoms with Gasteiger partial charge in [-0.15, -0.1) is 0 Å². The van der Waals surface area contributed by atoms with Crippen LogP contribution in [0.4, 0.5) is 5.82 Å². The Kier molecular flexibility index (Phi) is 5.85. The second kappa shape index (κ2) is 8.48. The molecule has 0 amide bonds. The minimum absolute atomic E-state index is 0.167. The van der Waals surface area contributed by atoms with E-state index in [1.165, 1.54) is 18.0 Å². The largest absolute Gasteiger partial charge is 0.404 e. The number of aromatic nitrogens is 2. The molecular weight excluding hydrogens is 346 g/mol. The first-order valence-corrected chi connectivity index (χ1v) is 9.16. The van der Waals surface area contributed by atoms with Gasteiger partial charge in [0.05, 0.1) is 22.0 Å². The minimum Gasteiger partial charge on any atom is -0.404 e. The molecule has 0 fully saturated rings. The van der Waals surface area contributed by atoms with E-state index in [1.54, 1.807) is 19.5 Å². The van der Waals surface area contributed by atoms with Gasteiger partial charge in [-0.25, -0.2) is 4.98 Å². The van der Waals surface area contributed by atoms with Gasteiger partial charge in [0.15, 0.2) is 0 Å². The number of aliphatic imine (C=N–C) groups is 1. The van der Waals surface area contributed by atoms with Gasteiger partial charge in [0.1, 0.15) is 5.82 Å². The molecule has 1 unspecified atom stereocenters. The summed E-state index contributed by atoms with van der Waals surface area (Å²) in [5.41, 5.74) is 8.92. The molecule has 8 heteroatoms. The number of pyridine rings is 2. The SMILES string of the molecule is CN=CC(=CN)c1cnc2ccc(NCSC(=N)C3C=CNC3)nc2c1. The van der Waals surface area contributed by atoms with Gasteiger partial charge in [0.25, 0.3) is 0 Å². The fourth-order valence-corrected chi connectivity index (χ4v) is 3.29. The molecule has 1 aliphatic rings. The Hall–Kier alpha value is -2.87. The van der Waals surface area contributed by atoms with Crippen LogP contribution in [0.15, 0.2) is 47.9 Å². The lowest BCUT2D eigenvalue weighted by Gasteiger charge is -2.10. The summed E-state index contributed by atoms with van der Waals surface area (Å²) in [4.78, 5) is 13.0. The van der Waals surface area contributed by atoms with Gasteiger partial charge in [-0.3, -0.25) is 15.4 Å². The summed E-state index contributed by atoms with van der Waals surface area (Å²) < 4.78 is 0. The molecule has 5 N–H and O–H groups in total. The first-order valence-electron chi connectivity index (χ1n) is 8.17. The van der Waals surface area contributed by atoms with Crippen molar-refractivity contribution in [2.45, 2.75) is 0 Å². The number of nitrogens with zero attached hydrogens (tertiary/aromatic N) is 3. The Morgan fingerprint density at radius 3 is 3.12 bits per heavy atom. The standard InChI is InChI=1S/C18H21N7S/c1-21-8-14(7-19)13-6-16-15(23-10-13)2-3-17(25-16)24-11-26-18(20)12-4-5-22-9-12/h2-8,10,12,20,22H,9,11,19H2,1H3,(H,24,25). The van der Waals surface area contributed by atoms with Gasteiger partial charge < -0.3 is 16.4 Å². The van der Waals surface area contributed by atoms with Gasteiger partial charge in [-0.2, -0.15) is 0 Å². The van der Waals surface area contributed by atoms with E-state index in [-0.39, 0.29) is 5.92 Å². The van der Waals surface area contributed by atoms with Crippen LogP contribution in [-0.2, 0) is 0 Å². The maximum atomic E-state index is 8.09. The average molecular weight is 367 g/mol. The lowest BCUT2D eigenvalue weighted by atomic mass is 10.1. The molecule has 7 nitrogen and oxygen atoms in total. The maximum Gasteiger partial charge on any atom is 0.127 e. The molecule has 0 bridgehead atoms. The number of fused-ring (bicyclic) bond motifs is 1. The van der Waals surface area contributed by atoms with Crippen LogP contribution < -0.4 is 16.4 Å². The van der Waals surface area contributed by atoms with Crippen LogP contribution in [0.3, 0.4) is 0 Å². The zero-order valence-electron chi connectivity index (χ0n) is 14.4. The highest BCUT2D eigenvalue weighted by Crippen LogP contribution is 2.20. The molecule has 0 spiro atoms. The van der Waals surface area contributed by atoms with Crippen molar-refractivity contribution >= 4 is 45.4 Å². The van der Waals surface area contributed by atoms with Crippen LogP contribution in [-0.4, -0.2) is 40.7 Å². The maximum absolute atomic E-state index is 8.09. The molecule has 134 valence electrons. The fraction of sp³-hybridized carbons (Fsp3) is 0.222. The molecule has 0 radical (unpaired) electrons. The van der Waals surface area contributed by atoms with Crippen molar-refractivity contribution in [3.05, 3.63) is 48.4 Å². The lowest BCUT2D eigenvalue weighted by Crippen LogP contribution is -2.16. The molecule has 0 saturated carbocycles. The van der Waals surface area contributed by atoms with Crippen LogP contribution >= 0.6 is 11.8 Å². The number of nitrogens with two attached hydrogens (primary N) is 1. The number of allylic oxidation sites excluding steroid dienone is 1. The van der Waals surface area contributed by atoms with Crippen molar-refractivity contribution < 1.29 is 0 Å². The number of rotatable bonds is 6. The Bertz CT molecular complexity index is 888. The Balaban J connectivity index is 1.69. The third kappa shape index (κ3) is 4.20. The normalized spacial score (nSPS) is 17.0. The highest BCUT2D eigenvalue weighted by atomic mass is 32.2. The molecule has 1 aliphatic heterocycles. The van der Waals surface area contributed by atoms with E-state index >= 15 is 0 Å². The van der Waals surface area contributed by atoms with Crippen LogP contribution in [0.2, 0.25) is 0 Å². The first-order chi connectivity index (χ1) is 12.7. The topological polar surface area (TPSA) is 112 Å². The van der Waals surface area contributed by atoms with E-state index in [2.05, 4.69) is 25.6 Å². The third-order valence-electron chi connectivity index (χ3n) is 3.92. The van der Waals surface area contributed by atoms with Crippen LogP contribution in [0.5, 0.6) is 0 Å². The van der Waals surface area contributed by atoms with Crippen LogP contribution in [0.25, 0.3) is 16.6 Å². The molecule has 2 aromatic rings. The number of thioether (sulfide) groups is 1. The second-order valence-corrected chi connectivity index (χ2v) is 6.69. The molecule has 1 atom stereocenters. The van der Waals surface area contributed by atoms with Gasteiger partial charge in [0.2, 0.25) is 0 Å². The fourth-order valence-electron chi connectivity index (χ4n) is 2.54. The average Bonchev–Trinajstić information content (AvgIpc) is 3.20. The monoisotopic (exact) mass is 367 g/mol. The molecule has 0 aromatic carbocycles.